The Morgan fingerprint density at radius 2 is 2.28 bits per heavy atom. The van der Waals surface area contributed by atoms with E-state index in [-0.39, 0.29) is 22.6 Å². The van der Waals surface area contributed by atoms with Crippen molar-refractivity contribution in [3.05, 3.63) is 40.9 Å². The Balaban J connectivity index is 2.15. The number of hydroxylamine groups is 2. The molecule has 25 heavy (non-hydrogen) atoms. The highest BCUT2D eigenvalue weighted by atomic mass is 35.5. The third-order valence-electron chi connectivity index (χ3n) is 3.65. The third kappa shape index (κ3) is 3.08. The van der Waals surface area contributed by atoms with Crippen molar-refractivity contribution in [2.45, 2.75) is 18.5 Å². The average Bonchev–Trinajstić information content (AvgIpc) is 3.01. The van der Waals surface area contributed by atoms with Crippen LogP contribution in [0.3, 0.4) is 0 Å². The lowest BCUT2D eigenvalue weighted by Gasteiger charge is -2.39. The average molecular weight is 386 g/mol. The number of carbonyl (C=O) groups is 1. The second-order valence-corrected chi connectivity index (χ2v) is 6.18. The molecule has 1 aliphatic heterocycles. The lowest BCUT2D eigenvalue weighted by molar-refractivity contribution is -0.191. The highest BCUT2D eigenvalue weighted by Crippen LogP contribution is 2.43. The van der Waals surface area contributed by atoms with Crippen LogP contribution in [0.15, 0.2) is 24.5 Å². The number of rotatable bonds is 4. The monoisotopic (exact) mass is 385 g/mol. The number of anilines is 1. The van der Waals surface area contributed by atoms with Crippen LogP contribution >= 0.6 is 23.2 Å². The van der Waals surface area contributed by atoms with E-state index in [1.807, 2.05) is 0 Å². The van der Waals surface area contributed by atoms with E-state index < -0.39 is 16.9 Å². The Morgan fingerprint density at radius 1 is 1.52 bits per heavy atom. The zero-order valence-corrected chi connectivity index (χ0v) is 14.8. The molecule has 1 unspecified atom stereocenters. The zero-order chi connectivity index (χ0) is 18.2. The van der Waals surface area contributed by atoms with Gasteiger partial charge in [-0.1, -0.05) is 41.3 Å². The minimum absolute atomic E-state index is 0.0622. The standard InChI is InChI=1S/C15H14Cl2FN5O2/c1-3-12(24)25-22(2)15(17)9(7-23-14(21-15)19-8-20-23)13-10(16)5-4-6-11(13)18/h4-8H,3H2,1-2H3,(H,19,20,21). The van der Waals surface area contributed by atoms with Crippen LogP contribution in [0.4, 0.5) is 10.3 Å². The molecule has 1 N–H and O–H groups in total. The normalized spacial score (nSPS) is 19.2. The van der Waals surface area contributed by atoms with E-state index in [9.17, 15) is 9.18 Å². The quantitative estimate of drug-likeness (QED) is 0.495. The first-order valence-electron chi connectivity index (χ1n) is 7.34. The number of hydrogen-bond acceptors (Lipinski definition) is 6. The highest BCUT2D eigenvalue weighted by Gasteiger charge is 2.45. The summed E-state index contributed by atoms with van der Waals surface area (Å²) in [6.45, 7) is 1.65. The number of aromatic nitrogens is 3. The van der Waals surface area contributed by atoms with E-state index in [2.05, 4.69) is 15.4 Å². The van der Waals surface area contributed by atoms with Crippen LogP contribution in [-0.4, -0.2) is 38.0 Å². The molecule has 0 spiro atoms. The van der Waals surface area contributed by atoms with Gasteiger partial charge in [-0.05, 0) is 12.1 Å². The summed E-state index contributed by atoms with van der Waals surface area (Å²) < 4.78 is 15.9. The van der Waals surface area contributed by atoms with Crippen molar-refractivity contribution in [3.63, 3.8) is 0 Å². The van der Waals surface area contributed by atoms with E-state index in [4.69, 9.17) is 28.0 Å². The maximum Gasteiger partial charge on any atom is 0.324 e. The molecule has 3 rings (SSSR count). The summed E-state index contributed by atoms with van der Waals surface area (Å²) in [5.41, 5.74) is 0.272. The molecule has 0 radical (unpaired) electrons. The first-order chi connectivity index (χ1) is 11.9. The number of benzene rings is 1. The van der Waals surface area contributed by atoms with E-state index in [0.717, 1.165) is 5.06 Å². The molecule has 1 atom stereocenters. The van der Waals surface area contributed by atoms with Gasteiger partial charge in [-0.2, -0.15) is 10.1 Å². The topological polar surface area (TPSA) is 72.3 Å². The van der Waals surface area contributed by atoms with Crippen molar-refractivity contribution in [1.29, 1.82) is 0 Å². The smallest absolute Gasteiger partial charge is 0.324 e. The molecule has 1 aromatic heterocycles. The summed E-state index contributed by atoms with van der Waals surface area (Å²) in [6.07, 6.45) is 2.93. The molecule has 2 aromatic rings. The highest BCUT2D eigenvalue weighted by molar-refractivity contribution is 6.36. The summed E-state index contributed by atoms with van der Waals surface area (Å²) >= 11 is 12.9. The van der Waals surface area contributed by atoms with Gasteiger partial charge in [-0.3, -0.25) is 4.79 Å². The van der Waals surface area contributed by atoms with Crippen LogP contribution < -0.4 is 5.32 Å². The fourth-order valence-corrected chi connectivity index (χ4v) is 2.90. The summed E-state index contributed by atoms with van der Waals surface area (Å²) in [5.74, 6) is -0.787. The van der Waals surface area contributed by atoms with Gasteiger partial charge in [-0.15, -0.1) is 0 Å². The Hall–Kier alpha value is -2.16. The fourth-order valence-electron chi connectivity index (χ4n) is 2.37. The molecule has 7 nitrogen and oxygen atoms in total. The van der Waals surface area contributed by atoms with Gasteiger partial charge in [0.15, 0.2) is 0 Å². The van der Waals surface area contributed by atoms with Crippen LogP contribution in [0.25, 0.3) is 11.8 Å². The molecule has 0 bridgehead atoms. The molecular formula is C15H14Cl2FN5O2. The number of nitrogens with one attached hydrogen (secondary N) is 1. The van der Waals surface area contributed by atoms with E-state index in [0.29, 0.717) is 5.95 Å². The van der Waals surface area contributed by atoms with Crippen LogP contribution in [0.2, 0.25) is 5.02 Å². The predicted octanol–water partition coefficient (Wildman–Crippen LogP) is 3.19. The summed E-state index contributed by atoms with van der Waals surface area (Å²) in [7, 11) is 1.45. The van der Waals surface area contributed by atoms with Gasteiger partial charge in [0.05, 0.1) is 5.02 Å². The first kappa shape index (κ1) is 17.7. The van der Waals surface area contributed by atoms with Crippen molar-refractivity contribution in [2.75, 3.05) is 12.4 Å². The van der Waals surface area contributed by atoms with Gasteiger partial charge >= 0.3 is 5.97 Å². The molecule has 1 aliphatic rings. The Morgan fingerprint density at radius 3 is 2.96 bits per heavy atom. The van der Waals surface area contributed by atoms with Crippen molar-refractivity contribution in [2.24, 2.45) is 0 Å². The van der Waals surface area contributed by atoms with E-state index >= 15 is 0 Å². The molecular weight excluding hydrogens is 372 g/mol. The maximum atomic E-state index is 14.5. The third-order valence-corrected chi connectivity index (χ3v) is 4.50. The van der Waals surface area contributed by atoms with Crippen LogP contribution in [-0.2, 0) is 9.63 Å². The number of hydrogen-bond donors (Lipinski definition) is 1. The van der Waals surface area contributed by atoms with Gasteiger partial charge in [0.1, 0.15) is 12.1 Å². The number of carbonyl (C=O) groups excluding carboxylic acids is 1. The Bertz CT molecular complexity index is 836. The number of fused-ring (bicyclic) bond motifs is 1. The second-order valence-electron chi connectivity index (χ2n) is 5.23. The van der Waals surface area contributed by atoms with Crippen LogP contribution in [0, 0.1) is 5.82 Å². The predicted molar refractivity (Wildman–Crippen MR) is 92.0 cm³/mol. The Labute approximate surface area is 152 Å². The summed E-state index contributed by atoms with van der Waals surface area (Å²) in [6, 6.07) is 4.27. The fraction of sp³-hybridized carbons (Fsp3) is 0.267. The second kappa shape index (κ2) is 6.62. The van der Waals surface area contributed by atoms with Gasteiger partial charge in [-0.25, -0.2) is 9.07 Å². The number of halogens is 3. The van der Waals surface area contributed by atoms with Crippen molar-refractivity contribution < 1.29 is 14.0 Å². The van der Waals surface area contributed by atoms with Gasteiger partial charge in [0.25, 0.3) is 0 Å². The summed E-state index contributed by atoms with van der Waals surface area (Å²) in [5, 5.41) is 6.51. The number of nitrogens with zero attached hydrogens (tertiary/aromatic N) is 4. The molecule has 0 saturated heterocycles. The molecule has 0 aliphatic carbocycles. The van der Waals surface area contributed by atoms with Crippen LogP contribution in [0.5, 0.6) is 0 Å². The van der Waals surface area contributed by atoms with Gasteiger partial charge in [0, 0.05) is 30.8 Å². The molecule has 0 fully saturated rings. The molecule has 0 amide bonds. The van der Waals surface area contributed by atoms with Crippen molar-refractivity contribution >= 4 is 46.9 Å². The molecule has 10 heteroatoms. The van der Waals surface area contributed by atoms with E-state index in [1.54, 1.807) is 6.92 Å². The van der Waals surface area contributed by atoms with Gasteiger partial charge < -0.3 is 10.2 Å². The largest absolute Gasteiger partial charge is 0.364 e. The Kier molecular flexibility index (Phi) is 4.68. The minimum Gasteiger partial charge on any atom is -0.364 e. The van der Waals surface area contributed by atoms with Crippen LogP contribution in [0.1, 0.15) is 18.9 Å². The lowest BCUT2D eigenvalue weighted by Crippen LogP contribution is -2.51. The molecule has 0 saturated carbocycles. The molecule has 2 heterocycles. The minimum atomic E-state index is -1.64. The maximum absolute atomic E-state index is 14.5. The molecule has 1 aromatic carbocycles. The first-order valence-corrected chi connectivity index (χ1v) is 8.10. The molecule has 132 valence electrons. The lowest BCUT2D eigenvalue weighted by atomic mass is 10.0. The number of alkyl halides is 1. The van der Waals surface area contributed by atoms with E-state index in [1.165, 1.54) is 42.5 Å². The number of likely N-dealkylation sites (N-methyl/N-ethyl adjacent to an activating group) is 1. The summed E-state index contributed by atoms with van der Waals surface area (Å²) in [4.78, 5) is 20.9. The van der Waals surface area contributed by atoms with Crippen molar-refractivity contribution in [3.8, 4) is 0 Å². The van der Waals surface area contributed by atoms with Gasteiger partial charge in [0.2, 0.25) is 11.1 Å². The SMILES string of the molecule is CCC(=O)ON(C)C1(Cl)Nc2ncnn2C=C1c1c(F)cccc1Cl. The van der Waals surface area contributed by atoms with Crippen molar-refractivity contribution in [1.82, 2.24) is 19.8 Å². The zero-order valence-electron chi connectivity index (χ0n) is 13.3.